The molecule has 0 unspecified atom stereocenters. The molecule has 170 valence electrons. The third-order valence-corrected chi connectivity index (χ3v) is 4.89. The van der Waals surface area contributed by atoms with E-state index in [-0.39, 0.29) is 5.97 Å². The van der Waals surface area contributed by atoms with Crippen molar-refractivity contribution in [2.24, 2.45) is 0 Å². The fraction of sp³-hybridized carbons (Fsp3) is 0.550. The van der Waals surface area contributed by atoms with E-state index in [0.29, 0.717) is 37.5 Å². The summed E-state index contributed by atoms with van der Waals surface area (Å²) in [7, 11) is 0. The molecular weight excluding hydrogens is 410 g/mol. The van der Waals surface area contributed by atoms with Crippen molar-refractivity contribution in [3.8, 4) is 17.0 Å². The number of rotatable bonds is 9. The van der Waals surface area contributed by atoms with Gasteiger partial charge < -0.3 is 34.6 Å². The minimum Gasteiger partial charge on any atom is -0.494 e. The Hall–Kier alpha value is -2.57. The molecule has 5 atom stereocenters. The molecule has 31 heavy (non-hydrogen) atoms. The first-order valence-corrected chi connectivity index (χ1v) is 10.1. The zero-order valence-corrected chi connectivity index (χ0v) is 17.1. The monoisotopic (exact) mass is 437 g/mol. The Labute approximate surface area is 178 Å². The standard InChI is InChI=1S/C20H27N3O8/c1-2-29-16(25)4-3-9-30-13-7-5-12(6-8-13)14-10-23(22-21-14)20-19(28)18(27)17(26)15(11-24)31-20/h5-8,10,15,17-20,24,26-28H,2-4,9,11H2,1H3/t15-,17-,18+,19+,20+/m1/s1. The van der Waals surface area contributed by atoms with E-state index in [9.17, 15) is 25.2 Å². The average molecular weight is 437 g/mol. The highest BCUT2D eigenvalue weighted by Crippen LogP contribution is 2.29. The molecule has 1 aromatic carbocycles. The van der Waals surface area contributed by atoms with Crippen LogP contribution in [0, 0.1) is 0 Å². The number of carbonyl (C=O) groups is 1. The Bertz CT molecular complexity index is 841. The SMILES string of the molecule is CCOC(=O)CCCOc1ccc(-c2cn([C@H]3O[C@H](CO)[C@@H](O)[C@H](O)[C@@H]3O)nn2)cc1. The van der Waals surface area contributed by atoms with Gasteiger partial charge in [-0.15, -0.1) is 5.10 Å². The number of ether oxygens (including phenoxy) is 3. The lowest BCUT2D eigenvalue weighted by Crippen LogP contribution is -2.56. The molecule has 0 radical (unpaired) electrons. The lowest BCUT2D eigenvalue weighted by Gasteiger charge is -2.39. The van der Waals surface area contributed by atoms with E-state index in [1.165, 1.54) is 10.9 Å². The normalized spacial score (nSPS) is 25.9. The molecule has 1 aromatic heterocycles. The molecule has 2 aromatic rings. The summed E-state index contributed by atoms with van der Waals surface area (Å²) in [4.78, 5) is 11.3. The lowest BCUT2D eigenvalue weighted by atomic mass is 9.98. The zero-order valence-electron chi connectivity index (χ0n) is 17.1. The van der Waals surface area contributed by atoms with E-state index in [0.717, 1.165) is 5.56 Å². The maximum atomic E-state index is 11.3. The van der Waals surface area contributed by atoms with E-state index in [1.807, 2.05) is 0 Å². The van der Waals surface area contributed by atoms with Gasteiger partial charge in [-0.2, -0.15) is 0 Å². The highest BCUT2D eigenvalue weighted by molar-refractivity contribution is 5.69. The largest absolute Gasteiger partial charge is 0.494 e. The van der Waals surface area contributed by atoms with Crippen molar-refractivity contribution < 1.29 is 39.4 Å². The molecule has 1 aliphatic heterocycles. The summed E-state index contributed by atoms with van der Waals surface area (Å²) in [5, 5.41) is 47.3. The molecule has 2 heterocycles. The van der Waals surface area contributed by atoms with Gasteiger partial charge in [0.15, 0.2) is 6.23 Å². The first-order chi connectivity index (χ1) is 14.9. The molecule has 11 nitrogen and oxygen atoms in total. The molecule has 11 heteroatoms. The summed E-state index contributed by atoms with van der Waals surface area (Å²) in [6.07, 6.45) is -4.15. The molecule has 1 aliphatic rings. The van der Waals surface area contributed by atoms with Crippen LogP contribution >= 0.6 is 0 Å². The van der Waals surface area contributed by atoms with Gasteiger partial charge in [-0.25, -0.2) is 4.68 Å². The zero-order chi connectivity index (χ0) is 22.4. The third kappa shape index (κ3) is 5.57. The van der Waals surface area contributed by atoms with Crippen LogP contribution in [-0.4, -0.2) is 85.6 Å². The van der Waals surface area contributed by atoms with Crippen LogP contribution in [0.15, 0.2) is 30.5 Å². The van der Waals surface area contributed by atoms with Crippen molar-refractivity contribution >= 4 is 5.97 Å². The molecule has 1 fully saturated rings. The number of hydrogen-bond acceptors (Lipinski definition) is 10. The Balaban J connectivity index is 1.59. The minimum absolute atomic E-state index is 0.246. The number of hydrogen-bond donors (Lipinski definition) is 4. The number of nitrogens with zero attached hydrogens (tertiary/aromatic N) is 3. The van der Waals surface area contributed by atoms with Gasteiger partial charge in [-0.1, -0.05) is 5.21 Å². The summed E-state index contributed by atoms with van der Waals surface area (Å²) in [6.45, 7) is 1.98. The molecule has 0 aliphatic carbocycles. The van der Waals surface area contributed by atoms with Crippen molar-refractivity contribution in [2.45, 2.75) is 50.4 Å². The van der Waals surface area contributed by atoms with Crippen LogP contribution in [0.1, 0.15) is 26.0 Å². The second kappa shape index (κ2) is 10.6. The van der Waals surface area contributed by atoms with Gasteiger partial charge in [0.1, 0.15) is 35.9 Å². The van der Waals surface area contributed by atoms with Gasteiger partial charge in [-0.05, 0) is 37.6 Å². The van der Waals surface area contributed by atoms with E-state index in [1.54, 1.807) is 31.2 Å². The minimum atomic E-state index is -1.50. The Morgan fingerprint density at radius 3 is 2.58 bits per heavy atom. The quantitative estimate of drug-likeness (QED) is 0.302. The van der Waals surface area contributed by atoms with Gasteiger partial charge in [0.2, 0.25) is 0 Å². The predicted octanol–water partition coefficient (Wildman–Crippen LogP) is -0.360. The number of aromatic nitrogens is 3. The van der Waals surface area contributed by atoms with Crippen molar-refractivity contribution in [1.82, 2.24) is 15.0 Å². The van der Waals surface area contributed by atoms with Crippen molar-refractivity contribution in [1.29, 1.82) is 0 Å². The van der Waals surface area contributed by atoms with Crippen LogP contribution in [0.5, 0.6) is 5.75 Å². The van der Waals surface area contributed by atoms with Crippen LogP contribution < -0.4 is 4.74 Å². The lowest BCUT2D eigenvalue weighted by molar-refractivity contribution is -0.254. The first-order valence-electron chi connectivity index (χ1n) is 10.1. The molecule has 0 spiro atoms. The maximum absolute atomic E-state index is 11.3. The fourth-order valence-electron chi connectivity index (χ4n) is 3.20. The molecule has 1 saturated heterocycles. The second-order valence-electron chi connectivity index (χ2n) is 7.08. The van der Waals surface area contributed by atoms with Crippen molar-refractivity contribution in [3.05, 3.63) is 30.5 Å². The van der Waals surface area contributed by atoms with Gasteiger partial charge in [0, 0.05) is 12.0 Å². The van der Waals surface area contributed by atoms with Gasteiger partial charge in [-0.3, -0.25) is 4.79 Å². The maximum Gasteiger partial charge on any atom is 0.305 e. The highest BCUT2D eigenvalue weighted by Gasteiger charge is 2.44. The number of benzene rings is 1. The smallest absolute Gasteiger partial charge is 0.305 e. The third-order valence-electron chi connectivity index (χ3n) is 4.89. The molecule has 0 amide bonds. The second-order valence-corrected chi connectivity index (χ2v) is 7.08. The number of carbonyl (C=O) groups excluding carboxylic acids is 1. The van der Waals surface area contributed by atoms with Crippen LogP contribution in [0.4, 0.5) is 0 Å². The van der Waals surface area contributed by atoms with Crippen LogP contribution in [0.2, 0.25) is 0 Å². The van der Waals surface area contributed by atoms with E-state index < -0.39 is 37.3 Å². The van der Waals surface area contributed by atoms with Gasteiger partial charge in [0.05, 0.1) is 26.0 Å². The van der Waals surface area contributed by atoms with Crippen LogP contribution in [-0.2, 0) is 14.3 Å². The Morgan fingerprint density at radius 2 is 1.90 bits per heavy atom. The summed E-state index contributed by atoms with van der Waals surface area (Å²) in [5.41, 5.74) is 1.22. The molecule has 3 rings (SSSR count). The topological polar surface area (TPSA) is 156 Å². The molecule has 0 saturated carbocycles. The highest BCUT2D eigenvalue weighted by atomic mass is 16.6. The van der Waals surface area contributed by atoms with Crippen molar-refractivity contribution in [3.63, 3.8) is 0 Å². The van der Waals surface area contributed by atoms with Gasteiger partial charge in [0.25, 0.3) is 0 Å². The summed E-state index contributed by atoms with van der Waals surface area (Å²) in [6, 6.07) is 7.07. The summed E-state index contributed by atoms with van der Waals surface area (Å²) < 4.78 is 17.2. The first kappa shape index (κ1) is 23.1. The Morgan fingerprint density at radius 1 is 1.16 bits per heavy atom. The number of aliphatic hydroxyl groups excluding tert-OH is 4. The molecular formula is C20H27N3O8. The van der Waals surface area contributed by atoms with Crippen LogP contribution in [0.25, 0.3) is 11.3 Å². The average Bonchev–Trinajstić information content (AvgIpc) is 3.26. The van der Waals surface area contributed by atoms with E-state index in [2.05, 4.69) is 10.3 Å². The van der Waals surface area contributed by atoms with Crippen LogP contribution in [0.3, 0.4) is 0 Å². The predicted molar refractivity (Wildman–Crippen MR) is 106 cm³/mol. The summed E-state index contributed by atoms with van der Waals surface area (Å²) >= 11 is 0. The number of esters is 1. The van der Waals surface area contributed by atoms with Crippen molar-refractivity contribution in [2.75, 3.05) is 19.8 Å². The van der Waals surface area contributed by atoms with E-state index >= 15 is 0 Å². The number of aliphatic hydroxyl groups is 4. The molecule has 0 bridgehead atoms. The Kier molecular flexibility index (Phi) is 7.93. The molecule has 4 N–H and O–H groups in total. The fourth-order valence-corrected chi connectivity index (χ4v) is 3.20. The summed E-state index contributed by atoms with van der Waals surface area (Å²) in [5.74, 6) is 0.387. The van der Waals surface area contributed by atoms with E-state index in [4.69, 9.17) is 14.2 Å². The van der Waals surface area contributed by atoms with Gasteiger partial charge >= 0.3 is 5.97 Å².